The van der Waals surface area contributed by atoms with Crippen molar-refractivity contribution >= 4 is 8.80 Å². The molecular weight excluding hydrogens is 244 g/mol. The molecular formula is C14H30O3Si. The van der Waals surface area contributed by atoms with Crippen LogP contribution in [0.25, 0.3) is 0 Å². The molecule has 0 spiro atoms. The van der Waals surface area contributed by atoms with Gasteiger partial charge in [0.25, 0.3) is 0 Å². The lowest BCUT2D eigenvalue weighted by Crippen LogP contribution is -2.43. The fraction of sp³-hybridized carbons (Fsp3) is 0.857. The fourth-order valence-electron chi connectivity index (χ4n) is 1.98. The molecule has 4 heteroatoms. The summed E-state index contributed by atoms with van der Waals surface area (Å²) in [5, 5.41) is 0. The molecule has 18 heavy (non-hydrogen) atoms. The van der Waals surface area contributed by atoms with Crippen LogP contribution in [0.15, 0.2) is 0 Å². The summed E-state index contributed by atoms with van der Waals surface area (Å²) in [5.41, 5.74) is 0. The zero-order valence-corrected chi connectivity index (χ0v) is 13.4. The first kappa shape index (κ1) is 18.1. The van der Waals surface area contributed by atoms with E-state index in [1.54, 1.807) is 21.3 Å². The minimum Gasteiger partial charge on any atom is -0.377 e. The molecule has 0 unspecified atom stereocenters. The van der Waals surface area contributed by atoms with Crippen LogP contribution < -0.4 is 0 Å². The van der Waals surface area contributed by atoms with Crippen molar-refractivity contribution in [2.45, 2.75) is 57.8 Å². The van der Waals surface area contributed by atoms with E-state index in [0.29, 0.717) is 0 Å². The molecule has 0 aliphatic rings. The SMILES string of the molecule is [CH2]CCCCCCCCC[CH][Si](OC)(OC)OC. The molecule has 0 atom stereocenters. The zero-order valence-electron chi connectivity index (χ0n) is 12.4. The summed E-state index contributed by atoms with van der Waals surface area (Å²) >= 11 is 0. The van der Waals surface area contributed by atoms with Gasteiger partial charge in [0.05, 0.1) is 0 Å². The summed E-state index contributed by atoms with van der Waals surface area (Å²) in [5.74, 6) is 0. The van der Waals surface area contributed by atoms with Gasteiger partial charge in [-0.05, 0) is 6.42 Å². The topological polar surface area (TPSA) is 27.7 Å². The van der Waals surface area contributed by atoms with Crippen molar-refractivity contribution in [2.24, 2.45) is 0 Å². The number of hydrogen-bond acceptors (Lipinski definition) is 3. The Morgan fingerprint density at radius 2 is 1.22 bits per heavy atom. The summed E-state index contributed by atoms with van der Waals surface area (Å²) in [6, 6.07) is 2.09. The zero-order chi connectivity index (χ0) is 13.7. The number of hydrogen-bond donors (Lipinski definition) is 0. The third-order valence-corrected chi connectivity index (χ3v) is 5.70. The van der Waals surface area contributed by atoms with Gasteiger partial charge in [0.1, 0.15) is 0 Å². The van der Waals surface area contributed by atoms with Gasteiger partial charge in [0.15, 0.2) is 0 Å². The average Bonchev–Trinajstić information content (AvgIpc) is 2.42. The normalized spacial score (nSPS) is 12.0. The molecule has 0 aliphatic carbocycles. The highest BCUT2D eigenvalue weighted by molar-refractivity contribution is 6.64. The van der Waals surface area contributed by atoms with Crippen molar-refractivity contribution in [3.8, 4) is 0 Å². The van der Waals surface area contributed by atoms with Gasteiger partial charge in [0, 0.05) is 27.4 Å². The van der Waals surface area contributed by atoms with Gasteiger partial charge in [-0.2, -0.15) is 0 Å². The number of unbranched alkanes of at least 4 members (excludes halogenated alkanes) is 8. The Morgan fingerprint density at radius 1 is 0.778 bits per heavy atom. The molecule has 0 saturated carbocycles. The number of rotatable bonds is 13. The molecule has 0 heterocycles. The van der Waals surface area contributed by atoms with E-state index in [1.165, 1.54) is 44.9 Å². The average molecular weight is 274 g/mol. The first-order chi connectivity index (χ1) is 8.74. The smallest absolute Gasteiger partial charge is 0.377 e. The van der Waals surface area contributed by atoms with Crippen molar-refractivity contribution in [1.82, 2.24) is 0 Å². The van der Waals surface area contributed by atoms with Crippen molar-refractivity contribution in [3.63, 3.8) is 0 Å². The molecule has 108 valence electrons. The van der Waals surface area contributed by atoms with Gasteiger partial charge in [-0.3, -0.25) is 0 Å². The van der Waals surface area contributed by atoms with Gasteiger partial charge in [-0.1, -0.05) is 58.3 Å². The molecule has 0 fully saturated rings. The first-order valence-electron chi connectivity index (χ1n) is 7.03. The maximum absolute atomic E-state index is 5.34. The van der Waals surface area contributed by atoms with E-state index < -0.39 is 8.80 Å². The second-order valence-electron chi connectivity index (χ2n) is 4.54. The fourth-order valence-corrected chi connectivity index (χ4v) is 3.54. The highest BCUT2D eigenvalue weighted by atomic mass is 28.4. The van der Waals surface area contributed by atoms with Gasteiger partial charge in [0.2, 0.25) is 0 Å². The molecule has 0 aromatic carbocycles. The Morgan fingerprint density at radius 3 is 1.67 bits per heavy atom. The van der Waals surface area contributed by atoms with E-state index in [2.05, 4.69) is 13.0 Å². The van der Waals surface area contributed by atoms with Gasteiger partial charge >= 0.3 is 8.80 Å². The molecule has 0 aromatic heterocycles. The molecule has 0 saturated heterocycles. The van der Waals surface area contributed by atoms with Crippen LogP contribution in [-0.2, 0) is 13.3 Å². The highest BCUT2D eigenvalue weighted by Gasteiger charge is 2.37. The monoisotopic (exact) mass is 274 g/mol. The second-order valence-corrected chi connectivity index (χ2v) is 7.38. The van der Waals surface area contributed by atoms with E-state index in [9.17, 15) is 0 Å². The van der Waals surface area contributed by atoms with Crippen LogP contribution >= 0.6 is 0 Å². The van der Waals surface area contributed by atoms with Crippen LogP contribution in [-0.4, -0.2) is 30.1 Å². The van der Waals surface area contributed by atoms with Crippen LogP contribution in [0.3, 0.4) is 0 Å². The minimum atomic E-state index is -2.44. The molecule has 0 aliphatic heterocycles. The van der Waals surface area contributed by atoms with Crippen LogP contribution in [0, 0.1) is 13.0 Å². The summed E-state index contributed by atoms with van der Waals surface area (Å²) in [6.45, 7) is 3.86. The van der Waals surface area contributed by atoms with E-state index in [0.717, 1.165) is 12.8 Å². The molecule has 0 bridgehead atoms. The molecule has 0 amide bonds. The third-order valence-electron chi connectivity index (χ3n) is 3.20. The molecule has 3 nitrogen and oxygen atoms in total. The minimum absolute atomic E-state index is 1.01. The predicted octanol–water partition coefficient (Wildman–Crippen LogP) is 3.95. The summed E-state index contributed by atoms with van der Waals surface area (Å²) < 4.78 is 16.0. The van der Waals surface area contributed by atoms with Crippen LogP contribution in [0.5, 0.6) is 0 Å². The largest absolute Gasteiger partial charge is 0.503 e. The Balaban J connectivity index is 3.38. The summed E-state index contributed by atoms with van der Waals surface area (Å²) in [6.07, 6.45) is 11.2. The Kier molecular flexibility index (Phi) is 12.2. The van der Waals surface area contributed by atoms with Crippen LogP contribution in [0.4, 0.5) is 0 Å². The quantitative estimate of drug-likeness (QED) is 0.376. The van der Waals surface area contributed by atoms with Gasteiger partial charge in [-0.15, -0.1) is 0 Å². The maximum Gasteiger partial charge on any atom is 0.503 e. The molecule has 0 aromatic rings. The van der Waals surface area contributed by atoms with Crippen molar-refractivity contribution in [1.29, 1.82) is 0 Å². The van der Waals surface area contributed by atoms with Gasteiger partial charge < -0.3 is 13.3 Å². The standard InChI is InChI=1S/C14H30O3Si/c1-5-6-7-8-9-10-11-12-13-14-18(15-2,16-3)17-4/h14H,1,5-13H2,2-4H3. The molecule has 0 N–H and O–H groups in total. The van der Waals surface area contributed by atoms with Crippen molar-refractivity contribution < 1.29 is 13.3 Å². The predicted molar refractivity (Wildman–Crippen MR) is 78.0 cm³/mol. The van der Waals surface area contributed by atoms with Gasteiger partial charge in [-0.25, -0.2) is 0 Å². The first-order valence-corrected chi connectivity index (χ1v) is 8.84. The van der Waals surface area contributed by atoms with Crippen LogP contribution in [0.1, 0.15) is 57.8 Å². The van der Waals surface area contributed by atoms with Crippen molar-refractivity contribution in [3.05, 3.63) is 13.0 Å². The van der Waals surface area contributed by atoms with Crippen LogP contribution in [0.2, 0.25) is 0 Å². The lowest BCUT2D eigenvalue weighted by Gasteiger charge is -2.23. The lowest BCUT2D eigenvalue weighted by atomic mass is 10.1. The van der Waals surface area contributed by atoms with E-state index in [1.807, 2.05) is 0 Å². The second kappa shape index (κ2) is 12.1. The summed E-state index contributed by atoms with van der Waals surface area (Å²) in [7, 11) is 2.52. The Labute approximate surface area is 115 Å². The molecule has 0 rings (SSSR count). The lowest BCUT2D eigenvalue weighted by molar-refractivity contribution is 0.132. The molecule has 2 radical (unpaired) electrons. The Hall–Kier alpha value is 0.0969. The maximum atomic E-state index is 5.34. The highest BCUT2D eigenvalue weighted by Crippen LogP contribution is 2.16. The van der Waals surface area contributed by atoms with E-state index >= 15 is 0 Å². The third kappa shape index (κ3) is 8.24. The Bertz CT molecular complexity index is 164. The van der Waals surface area contributed by atoms with E-state index in [-0.39, 0.29) is 0 Å². The van der Waals surface area contributed by atoms with E-state index in [4.69, 9.17) is 13.3 Å². The summed E-state index contributed by atoms with van der Waals surface area (Å²) in [4.78, 5) is 0. The van der Waals surface area contributed by atoms with Crippen molar-refractivity contribution in [2.75, 3.05) is 21.3 Å².